The van der Waals surface area contributed by atoms with E-state index in [1.807, 2.05) is 18.2 Å². The zero-order valence-electron chi connectivity index (χ0n) is 11.6. The number of rotatable bonds is 8. The van der Waals surface area contributed by atoms with Crippen LogP contribution in [0.1, 0.15) is 51.5 Å². The predicted octanol–water partition coefficient (Wildman–Crippen LogP) is 4.88. The monoisotopic (exact) mass is 244 g/mol. The summed E-state index contributed by atoms with van der Waals surface area (Å²) in [5.41, 5.74) is 1.17. The maximum absolute atomic E-state index is 12.1. The Balaban J connectivity index is 2.62. The number of hydrogen-bond acceptors (Lipinski definition) is 1. The second-order valence-electron chi connectivity index (χ2n) is 4.73. The van der Waals surface area contributed by atoms with Crippen LogP contribution in [0.4, 0.5) is 0 Å². The quantitative estimate of drug-likeness (QED) is 0.637. The molecule has 0 saturated carbocycles. The van der Waals surface area contributed by atoms with Crippen LogP contribution in [-0.4, -0.2) is 5.78 Å². The van der Waals surface area contributed by atoms with E-state index in [0.717, 1.165) is 32.1 Å². The van der Waals surface area contributed by atoms with Gasteiger partial charge in [-0.3, -0.25) is 4.79 Å². The first kappa shape index (κ1) is 14.7. The first-order valence-electron chi connectivity index (χ1n) is 7.03. The van der Waals surface area contributed by atoms with Gasteiger partial charge < -0.3 is 0 Å². The van der Waals surface area contributed by atoms with Gasteiger partial charge in [0, 0.05) is 12.3 Å². The summed E-state index contributed by atoms with van der Waals surface area (Å²) in [6.45, 7) is 4.26. The van der Waals surface area contributed by atoms with E-state index in [4.69, 9.17) is 0 Å². The largest absolute Gasteiger partial charge is 0.299 e. The van der Waals surface area contributed by atoms with E-state index < -0.39 is 0 Å². The lowest BCUT2D eigenvalue weighted by Crippen LogP contribution is -2.11. The highest BCUT2D eigenvalue weighted by molar-refractivity contribution is 5.83. The summed E-state index contributed by atoms with van der Waals surface area (Å²) in [5.74, 6) is 0.493. The highest BCUT2D eigenvalue weighted by Gasteiger charge is 2.13. The summed E-state index contributed by atoms with van der Waals surface area (Å²) < 4.78 is 0. The molecule has 1 unspecified atom stereocenters. The van der Waals surface area contributed by atoms with Crippen LogP contribution in [0.15, 0.2) is 36.4 Å². The standard InChI is InChI=1S/C17H24O/c1-3-5-12-17(18)16(9-4-2)14-13-15-10-7-6-8-11-15/h6-8,10-11,13-14,16H,3-5,9,12H2,1-2H3/b14-13+. The van der Waals surface area contributed by atoms with E-state index in [0.29, 0.717) is 5.78 Å². The topological polar surface area (TPSA) is 17.1 Å². The van der Waals surface area contributed by atoms with Crippen LogP contribution >= 0.6 is 0 Å². The number of hydrogen-bond donors (Lipinski definition) is 0. The van der Waals surface area contributed by atoms with E-state index in [-0.39, 0.29) is 5.92 Å². The number of benzene rings is 1. The lowest BCUT2D eigenvalue weighted by molar-refractivity contribution is -0.121. The summed E-state index contributed by atoms with van der Waals surface area (Å²) in [5, 5.41) is 0. The van der Waals surface area contributed by atoms with Crippen molar-refractivity contribution in [3.63, 3.8) is 0 Å². The molecule has 0 aliphatic carbocycles. The Morgan fingerprint density at radius 2 is 1.89 bits per heavy atom. The zero-order chi connectivity index (χ0) is 13.2. The molecule has 98 valence electrons. The van der Waals surface area contributed by atoms with Crippen LogP contribution in [0.2, 0.25) is 0 Å². The Kier molecular flexibility index (Phi) is 7.09. The molecule has 0 bridgehead atoms. The number of Topliss-reactive ketones (excluding diaryl/α,β-unsaturated/α-hetero) is 1. The van der Waals surface area contributed by atoms with Gasteiger partial charge in [-0.15, -0.1) is 0 Å². The summed E-state index contributed by atoms with van der Waals surface area (Å²) in [6.07, 6.45) is 9.00. The van der Waals surface area contributed by atoms with Crippen LogP contribution < -0.4 is 0 Å². The Labute approximate surface area is 111 Å². The average molecular weight is 244 g/mol. The third-order valence-electron chi connectivity index (χ3n) is 3.11. The summed E-state index contributed by atoms with van der Waals surface area (Å²) in [4.78, 5) is 12.1. The van der Waals surface area contributed by atoms with Gasteiger partial charge in [-0.1, -0.05) is 69.2 Å². The number of carbonyl (C=O) groups excluding carboxylic acids is 1. The normalized spacial score (nSPS) is 12.8. The van der Waals surface area contributed by atoms with Crippen molar-refractivity contribution in [1.29, 1.82) is 0 Å². The number of ketones is 1. The van der Waals surface area contributed by atoms with Crippen LogP contribution in [-0.2, 0) is 4.79 Å². The molecule has 0 spiro atoms. The first-order chi connectivity index (χ1) is 8.77. The molecule has 1 atom stereocenters. The molecule has 1 nitrogen and oxygen atoms in total. The minimum atomic E-state index is 0.0988. The zero-order valence-corrected chi connectivity index (χ0v) is 11.6. The average Bonchev–Trinajstić information content (AvgIpc) is 2.42. The molecule has 1 rings (SSSR count). The molecular weight excluding hydrogens is 220 g/mol. The number of carbonyl (C=O) groups is 1. The van der Waals surface area contributed by atoms with E-state index in [1.54, 1.807) is 0 Å². The lowest BCUT2D eigenvalue weighted by Gasteiger charge is -2.10. The number of unbranched alkanes of at least 4 members (excludes halogenated alkanes) is 1. The Hall–Kier alpha value is -1.37. The smallest absolute Gasteiger partial charge is 0.139 e. The second-order valence-corrected chi connectivity index (χ2v) is 4.73. The van der Waals surface area contributed by atoms with Gasteiger partial charge in [0.25, 0.3) is 0 Å². The van der Waals surface area contributed by atoms with E-state index in [9.17, 15) is 4.79 Å². The highest BCUT2D eigenvalue weighted by Crippen LogP contribution is 2.15. The van der Waals surface area contributed by atoms with Gasteiger partial charge in [-0.25, -0.2) is 0 Å². The predicted molar refractivity (Wildman–Crippen MR) is 78.4 cm³/mol. The molecule has 0 heterocycles. The van der Waals surface area contributed by atoms with Gasteiger partial charge in [0.2, 0.25) is 0 Å². The molecular formula is C17H24O. The second kappa shape index (κ2) is 8.68. The molecule has 18 heavy (non-hydrogen) atoms. The van der Waals surface area contributed by atoms with Crippen molar-refractivity contribution in [1.82, 2.24) is 0 Å². The molecule has 0 N–H and O–H groups in total. The van der Waals surface area contributed by atoms with Crippen LogP contribution in [0, 0.1) is 5.92 Å². The Morgan fingerprint density at radius 3 is 2.50 bits per heavy atom. The van der Waals surface area contributed by atoms with Gasteiger partial charge in [-0.2, -0.15) is 0 Å². The third kappa shape index (κ3) is 5.31. The maximum Gasteiger partial charge on any atom is 0.139 e. The molecule has 0 amide bonds. The van der Waals surface area contributed by atoms with E-state index >= 15 is 0 Å². The SMILES string of the molecule is CCCCC(=O)C(/C=C/c1ccccc1)CCC. The molecule has 0 radical (unpaired) electrons. The van der Waals surface area contributed by atoms with Crippen molar-refractivity contribution in [2.45, 2.75) is 46.0 Å². The molecule has 1 aromatic rings. The fourth-order valence-electron chi connectivity index (χ4n) is 2.00. The van der Waals surface area contributed by atoms with Crippen molar-refractivity contribution in [3.8, 4) is 0 Å². The van der Waals surface area contributed by atoms with Crippen molar-refractivity contribution in [3.05, 3.63) is 42.0 Å². The van der Waals surface area contributed by atoms with Gasteiger partial charge in [0.15, 0.2) is 0 Å². The fraction of sp³-hybridized carbons (Fsp3) is 0.471. The Bertz CT molecular complexity index is 364. The minimum absolute atomic E-state index is 0.0988. The van der Waals surface area contributed by atoms with Gasteiger partial charge >= 0.3 is 0 Å². The molecule has 0 fully saturated rings. The molecule has 0 aromatic heterocycles. The molecule has 0 aliphatic heterocycles. The van der Waals surface area contributed by atoms with E-state index in [2.05, 4.69) is 38.1 Å². The summed E-state index contributed by atoms with van der Waals surface area (Å²) in [7, 11) is 0. The van der Waals surface area contributed by atoms with Gasteiger partial charge in [-0.05, 0) is 18.4 Å². The van der Waals surface area contributed by atoms with Crippen LogP contribution in [0.3, 0.4) is 0 Å². The van der Waals surface area contributed by atoms with Crippen LogP contribution in [0.25, 0.3) is 6.08 Å². The van der Waals surface area contributed by atoms with Crippen LogP contribution in [0.5, 0.6) is 0 Å². The first-order valence-corrected chi connectivity index (χ1v) is 7.03. The summed E-state index contributed by atoms with van der Waals surface area (Å²) in [6, 6.07) is 10.2. The van der Waals surface area contributed by atoms with Gasteiger partial charge in [0.05, 0.1) is 0 Å². The molecule has 0 aliphatic rings. The third-order valence-corrected chi connectivity index (χ3v) is 3.11. The van der Waals surface area contributed by atoms with E-state index in [1.165, 1.54) is 5.56 Å². The van der Waals surface area contributed by atoms with Crippen molar-refractivity contribution < 1.29 is 4.79 Å². The maximum atomic E-state index is 12.1. The molecule has 1 aromatic carbocycles. The summed E-state index contributed by atoms with van der Waals surface area (Å²) >= 11 is 0. The Morgan fingerprint density at radius 1 is 1.17 bits per heavy atom. The fourth-order valence-corrected chi connectivity index (χ4v) is 2.00. The molecule has 0 saturated heterocycles. The van der Waals surface area contributed by atoms with Gasteiger partial charge in [0.1, 0.15) is 5.78 Å². The van der Waals surface area contributed by atoms with Crippen molar-refractivity contribution in [2.24, 2.45) is 5.92 Å². The van der Waals surface area contributed by atoms with Crippen molar-refractivity contribution >= 4 is 11.9 Å². The van der Waals surface area contributed by atoms with Crippen molar-refractivity contribution in [2.75, 3.05) is 0 Å². The lowest BCUT2D eigenvalue weighted by atomic mass is 9.94. The highest BCUT2D eigenvalue weighted by atomic mass is 16.1. The molecule has 1 heteroatoms. The number of allylic oxidation sites excluding steroid dienone is 1. The minimum Gasteiger partial charge on any atom is -0.299 e.